The summed E-state index contributed by atoms with van der Waals surface area (Å²) in [5.74, 6) is -0.404. The lowest BCUT2D eigenvalue weighted by molar-refractivity contribution is 0.498. The van der Waals surface area contributed by atoms with Gasteiger partial charge in [0.25, 0.3) is 0 Å². The van der Waals surface area contributed by atoms with Gasteiger partial charge in [0.2, 0.25) is 0 Å². The van der Waals surface area contributed by atoms with Gasteiger partial charge >= 0.3 is 0 Å². The van der Waals surface area contributed by atoms with Crippen LogP contribution in [0, 0.1) is 18.6 Å². The monoisotopic (exact) mass is 314 g/mol. The van der Waals surface area contributed by atoms with Crippen LogP contribution in [0.3, 0.4) is 0 Å². The van der Waals surface area contributed by atoms with E-state index in [4.69, 9.17) is 0 Å². The van der Waals surface area contributed by atoms with Crippen LogP contribution in [-0.4, -0.2) is 16.5 Å². The van der Waals surface area contributed by atoms with Gasteiger partial charge in [0.1, 0.15) is 17.5 Å². The van der Waals surface area contributed by atoms with E-state index in [0.717, 1.165) is 28.5 Å². The molecule has 1 aliphatic heterocycles. The Morgan fingerprint density at radius 3 is 2.83 bits per heavy atom. The number of benzene rings is 2. The molecule has 0 aliphatic carbocycles. The molecule has 2 unspecified atom stereocenters. The molecule has 1 fully saturated rings. The van der Waals surface area contributed by atoms with Crippen LogP contribution in [0.4, 0.5) is 8.78 Å². The molecule has 118 valence electrons. The number of imidazole rings is 1. The Kier molecular flexibility index (Phi) is 3.36. The maximum atomic E-state index is 14.1. The number of aromatic nitrogens is 2. The Labute approximate surface area is 131 Å². The van der Waals surface area contributed by atoms with Crippen LogP contribution in [0.2, 0.25) is 0 Å². The third-order valence-corrected chi connectivity index (χ3v) is 4.36. The second-order valence-corrected chi connectivity index (χ2v) is 5.87. The molecule has 0 spiro atoms. The summed E-state index contributed by atoms with van der Waals surface area (Å²) in [6, 6.07) is 9.32. The Hall–Kier alpha value is -2.31. The standard InChI is InChI=1S/C17H16F2N4/c1-9-3-2-4-14-15(9)22-17(21-14)12-8-20-23-16(12)11-6-5-10(18)7-13(11)19/h2-7,12,16,20,23H,8H2,1H3,(H,21,22). The van der Waals surface area contributed by atoms with Crippen LogP contribution in [0.5, 0.6) is 0 Å². The van der Waals surface area contributed by atoms with Crippen molar-refractivity contribution in [3.63, 3.8) is 0 Å². The quantitative estimate of drug-likeness (QED) is 0.681. The molecule has 6 heteroatoms. The molecule has 4 rings (SSSR count). The van der Waals surface area contributed by atoms with E-state index in [9.17, 15) is 8.78 Å². The van der Waals surface area contributed by atoms with Gasteiger partial charge in [0, 0.05) is 18.2 Å². The fourth-order valence-corrected chi connectivity index (χ4v) is 3.17. The maximum absolute atomic E-state index is 14.1. The van der Waals surface area contributed by atoms with Crippen molar-refractivity contribution in [3.8, 4) is 0 Å². The van der Waals surface area contributed by atoms with E-state index in [-0.39, 0.29) is 12.0 Å². The van der Waals surface area contributed by atoms with Gasteiger partial charge in [-0.1, -0.05) is 18.2 Å². The molecule has 1 aliphatic rings. The van der Waals surface area contributed by atoms with Gasteiger partial charge in [0.05, 0.1) is 23.0 Å². The van der Waals surface area contributed by atoms with Gasteiger partial charge in [0.15, 0.2) is 0 Å². The highest BCUT2D eigenvalue weighted by Crippen LogP contribution is 2.34. The zero-order valence-corrected chi connectivity index (χ0v) is 12.5. The second-order valence-electron chi connectivity index (χ2n) is 5.87. The van der Waals surface area contributed by atoms with E-state index in [1.165, 1.54) is 12.1 Å². The number of hydrogen-bond acceptors (Lipinski definition) is 3. The molecule has 3 aromatic rings. The van der Waals surface area contributed by atoms with E-state index in [1.54, 1.807) is 0 Å². The van der Waals surface area contributed by atoms with Gasteiger partial charge in [-0.25, -0.2) is 19.2 Å². The van der Waals surface area contributed by atoms with Crippen LogP contribution in [0.25, 0.3) is 11.0 Å². The number of nitrogens with one attached hydrogen (secondary N) is 3. The molecule has 2 heterocycles. The topological polar surface area (TPSA) is 52.7 Å². The summed E-state index contributed by atoms with van der Waals surface area (Å²) < 4.78 is 27.3. The lowest BCUT2D eigenvalue weighted by atomic mass is 9.94. The average Bonchev–Trinajstić information content (AvgIpc) is 3.13. The second kappa shape index (κ2) is 5.40. The van der Waals surface area contributed by atoms with Crippen LogP contribution in [-0.2, 0) is 0 Å². The summed E-state index contributed by atoms with van der Waals surface area (Å²) in [4.78, 5) is 8.01. The van der Waals surface area contributed by atoms with Crippen molar-refractivity contribution < 1.29 is 8.78 Å². The Bertz CT molecular complexity index is 874. The number of halogens is 2. The molecule has 0 amide bonds. The predicted octanol–water partition coefficient (Wildman–Crippen LogP) is 3.08. The molecule has 0 bridgehead atoms. The van der Waals surface area contributed by atoms with Gasteiger partial charge < -0.3 is 4.98 Å². The molecular formula is C17H16F2N4. The summed E-state index contributed by atoms with van der Waals surface area (Å²) in [5.41, 5.74) is 9.53. The van der Waals surface area contributed by atoms with Crippen LogP contribution in [0.15, 0.2) is 36.4 Å². The van der Waals surface area contributed by atoms with E-state index in [0.29, 0.717) is 12.1 Å². The number of rotatable bonds is 2. The number of para-hydroxylation sites is 1. The first-order valence-electron chi connectivity index (χ1n) is 7.52. The van der Waals surface area contributed by atoms with Gasteiger partial charge in [-0.15, -0.1) is 0 Å². The molecule has 0 saturated carbocycles. The lowest BCUT2D eigenvalue weighted by Gasteiger charge is -2.17. The van der Waals surface area contributed by atoms with Gasteiger partial charge in [-0.3, -0.25) is 5.43 Å². The zero-order chi connectivity index (χ0) is 16.0. The summed E-state index contributed by atoms with van der Waals surface area (Å²) in [5, 5.41) is 0. The molecule has 1 saturated heterocycles. The van der Waals surface area contributed by atoms with E-state index in [1.807, 2.05) is 25.1 Å². The highest BCUT2D eigenvalue weighted by Gasteiger charge is 2.33. The molecule has 0 radical (unpaired) electrons. The minimum absolute atomic E-state index is 0.0678. The van der Waals surface area contributed by atoms with Crippen molar-refractivity contribution in [2.45, 2.75) is 18.9 Å². The number of H-pyrrole nitrogens is 1. The number of fused-ring (bicyclic) bond motifs is 1. The minimum atomic E-state index is -0.576. The van der Waals surface area contributed by atoms with Crippen molar-refractivity contribution >= 4 is 11.0 Å². The van der Waals surface area contributed by atoms with E-state index in [2.05, 4.69) is 20.8 Å². The van der Waals surface area contributed by atoms with Crippen molar-refractivity contribution in [1.29, 1.82) is 0 Å². The van der Waals surface area contributed by atoms with Gasteiger partial charge in [-0.2, -0.15) is 0 Å². The van der Waals surface area contributed by atoms with E-state index < -0.39 is 11.6 Å². The normalized spacial score (nSPS) is 21.2. The summed E-state index contributed by atoms with van der Waals surface area (Å²) >= 11 is 0. The molecule has 2 atom stereocenters. The maximum Gasteiger partial charge on any atom is 0.130 e. The smallest absolute Gasteiger partial charge is 0.130 e. The number of aromatic amines is 1. The van der Waals surface area contributed by atoms with E-state index >= 15 is 0 Å². The lowest BCUT2D eigenvalue weighted by Crippen LogP contribution is -2.25. The number of hydrazine groups is 1. The van der Waals surface area contributed by atoms with Crippen molar-refractivity contribution in [2.24, 2.45) is 0 Å². The molecule has 2 aromatic carbocycles. The molecular weight excluding hydrogens is 298 g/mol. The van der Waals surface area contributed by atoms with Crippen LogP contribution >= 0.6 is 0 Å². The first-order chi connectivity index (χ1) is 11.1. The van der Waals surface area contributed by atoms with Crippen molar-refractivity contribution in [2.75, 3.05) is 6.54 Å². The summed E-state index contributed by atoms with van der Waals surface area (Å²) in [7, 11) is 0. The summed E-state index contributed by atoms with van der Waals surface area (Å²) in [6.45, 7) is 2.62. The molecule has 4 nitrogen and oxygen atoms in total. The molecule has 1 aromatic heterocycles. The predicted molar refractivity (Wildman–Crippen MR) is 83.8 cm³/mol. The number of aryl methyl sites for hydroxylation is 1. The third kappa shape index (κ3) is 2.40. The number of nitrogens with zero attached hydrogens (tertiary/aromatic N) is 1. The van der Waals surface area contributed by atoms with Gasteiger partial charge in [-0.05, 0) is 24.6 Å². The highest BCUT2D eigenvalue weighted by molar-refractivity contribution is 5.78. The largest absolute Gasteiger partial charge is 0.342 e. The molecule has 3 N–H and O–H groups in total. The highest BCUT2D eigenvalue weighted by atomic mass is 19.1. The van der Waals surface area contributed by atoms with Crippen molar-refractivity contribution in [3.05, 3.63) is 65.0 Å². The summed E-state index contributed by atoms with van der Waals surface area (Å²) in [6.07, 6.45) is 0. The fraction of sp³-hybridized carbons (Fsp3) is 0.235. The Balaban J connectivity index is 1.75. The van der Waals surface area contributed by atoms with Crippen molar-refractivity contribution in [1.82, 2.24) is 20.8 Å². The Morgan fingerprint density at radius 1 is 1.17 bits per heavy atom. The zero-order valence-electron chi connectivity index (χ0n) is 12.5. The first-order valence-corrected chi connectivity index (χ1v) is 7.52. The average molecular weight is 314 g/mol. The Morgan fingerprint density at radius 2 is 2.04 bits per heavy atom. The molecule has 23 heavy (non-hydrogen) atoms. The first kappa shape index (κ1) is 14.3. The minimum Gasteiger partial charge on any atom is -0.342 e. The fourth-order valence-electron chi connectivity index (χ4n) is 3.17. The van der Waals surface area contributed by atoms with Crippen LogP contribution < -0.4 is 10.9 Å². The number of hydrogen-bond donors (Lipinski definition) is 3. The SMILES string of the molecule is Cc1cccc2[nH]c(C3CNNC3c3ccc(F)cc3F)nc12. The van der Waals surface area contributed by atoms with Crippen LogP contribution in [0.1, 0.15) is 28.9 Å². The third-order valence-electron chi connectivity index (χ3n) is 4.36.